The van der Waals surface area contributed by atoms with E-state index in [9.17, 15) is 27.6 Å². The van der Waals surface area contributed by atoms with Gasteiger partial charge >= 0.3 is 12.1 Å². The Morgan fingerprint density at radius 1 is 0.927 bits per heavy atom. The van der Waals surface area contributed by atoms with E-state index >= 15 is 0 Å². The van der Waals surface area contributed by atoms with Gasteiger partial charge in [0.25, 0.3) is 5.91 Å². The third kappa shape index (κ3) is 7.88. The zero-order valence-electron chi connectivity index (χ0n) is 22.8. The number of anilines is 1. The highest BCUT2D eigenvalue weighted by molar-refractivity contribution is 6.37. The average Bonchev–Trinajstić information content (AvgIpc) is 2.93. The molecule has 0 spiro atoms. The summed E-state index contributed by atoms with van der Waals surface area (Å²) in [5.41, 5.74) is 0.655. The van der Waals surface area contributed by atoms with Gasteiger partial charge in [-0.05, 0) is 24.1 Å². The Kier molecular flexibility index (Phi) is 10.6. The van der Waals surface area contributed by atoms with E-state index in [4.69, 9.17) is 32.7 Å². The highest BCUT2D eigenvalue weighted by Crippen LogP contribution is 2.36. The maximum atomic E-state index is 13.5. The van der Waals surface area contributed by atoms with Crippen molar-refractivity contribution in [3.63, 3.8) is 0 Å². The second kappa shape index (κ2) is 13.5. The number of ether oxygens (including phenoxy) is 3. The molecule has 0 saturated carbocycles. The van der Waals surface area contributed by atoms with Crippen LogP contribution in [0.15, 0.2) is 36.4 Å². The van der Waals surface area contributed by atoms with Crippen molar-refractivity contribution in [2.24, 2.45) is 5.92 Å². The van der Waals surface area contributed by atoms with Gasteiger partial charge in [-0.1, -0.05) is 49.2 Å². The van der Waals surface area contributed by atoms with Crippen LogP contribution in [0, 0.1) is 5.92 Å². The Hall–Kier alpha value is -3.38. The summed E-state index contributed by atoms with van der Waals surface area (Å²) in [6, 6.07) is 7.60. The van der Waals surface area contributed by atoms with Crippen molar-refractivity contribution < 1.29 is 41.8 Å². The smallest absolute Gasteiger partial charge is 0.490 e. The minimum Gasteiger partial charge on any atom is -0.497 e. The number of halogens is 5. The van der Waals surface area contributed by atoms with E-state index in [-0.39, 0.29) is 18.7 Å². The molecule has 1 saturated heterocycles. The van der Waals surface area contributed by atoms with Crippen LogP contribution in [0.3, 0.4) is 0 Å². The molecule has 1 aliphatic heterocycles. The highest BCUT2D eigenvalue weighted by Gasteiger charge is 2.44. The van der Waals surface area contributed by atoms with Gasteiger partial charge in [0.15, 0.2) is 0 Å². The molecule has 1 heterocycles. The second-order valence-electron chi connectivity index (χ2n) is 9.54. The normalized spacial score (nSPS) is 15.3. The zero-order valence-corrected chi connectivity index (χ0v) is 24.3. The van der Waals surface area contributed by atoms with Gasteiger partial charge in [-0.2, -0.15) is 13.2 Å². The third-order valence-electron chi connectivity index (χ3n) is 6.50. The summed E-state index contributed by atoms with van der Waals surface area (Å²) in [6.45, 7) is 4.75. The SMILES string of the molecule is COc1ccc(C(OC(=O)C(F)(F)F)C(=O)NC(C(=O)N2CCN(c3cc(OC)c(Cl)cc3Cl)CC2)C(C)C)cc1. The summed E-state index contributed by atoms with van der Waals surface area (Å²) in [5.74, 6) is -3.64. The minimum absolute atomic E-state index is 0.0280. The zero-order chi connectivity index (χ0) is 30.5. The molecule has 2 aromatic rings. The van der Waals surface area contributed by atoms with Crippen LogP contribution in [0.5, 0.6) is 11.5 Å². The largest absolute Gasteiger partial charge is 0.497 e. The molecule has 0 radical (unpaired) electrons. The maximum absolute atomic E-state index is 13.5. The molecule has 0 bridgehead atoms. The molecule has 9 nitrogen and oxygen atoms in total. The molecule has 41 heavy (non-hydrogen) atoms. The van der Waals surface area contributed by atoms with Crippen LogP contribution in [-0.4, -0.2) is 75.3 Å². The van der Waals surface area contributed by atoms with Crippen molar-refractivity contribution in [3.8, 4) is 11.5 Å². The average molecular weight is 620 g/mol. The van der Waals surface area contributed by atoms with Crippen LogP contribution in [-0.2, 0) is 19.1 Å². The Bertz CT molecular complexity index is 1250. The number of methoxy groups -OCH3 is 2. The number of hydrogen-bond acceptors (Lipinski definition) is 7. The molecule has 0 aliphatic carbocycles. The highest BCUT2D eigenvalue weighted by atomic mass is 35.5. The number of piperazine rings is 1. The number of hydrogen-bond donors (Lipinski definition) is 1. The summed E-state index contributed by atoms with van der Waals surface area (Å²) in [5, 5.41) is 3.28. The first-order valence-electron chi connectivity index (χ1n) is 12.6. The van der Waals surface area contributed by atoms with Gasteiger partial charge in [0.05, 0.1) is 30.0 Å². The van der Waals surface area contributed by atoms with Crippen LogP contribution >= 0.6 is 23.2 Å². The topological polar surface area (TPSA) is 97.4 Å². The predicted molar refractivity (Wildman–Crippen MR) is 146 cm³/mol. The van der Waals surface area contributed by atoms with Crippen LogP contribution in [0.25, 0.3) is 0 Å². The first-order valence-corrected chi connectivity index (χ1v) is 13.3. The molecule has 224 valence electrons. The number of carbonyl (C=O) groups excluding carboxylic acids is 3. The lowest BCUT2D eigenvalue weighted by molar-refractivity contribution is -0.205. The van der Waals surface area contributed by atoms with Crippen LogP contribution in [0.1, 0.15) is 25.5 Å². The lowest BCUT2D eigenvalue weighted by atomic mass is 10.0. The third-order valence-corrected chi connectivity index (χ3v) is 7.09. The Morgan fingerprint density at radius 2 is 1.54 bits per heavy atom. The molecule has 14 heteroatoms. The van der Waals surface area contributed by atoms with Gasteiger partial charge < -0.3 is 29.3 Å². The number of carbonyl (C=O) groups is 3. The Labute approximate surface area is 245 Å². The fourth-order valence-corrected chi connectivity index (χ4v) is 4.83. The summed E-state index contributed by atoms with van der Waals surface area (Å²) in [4.78, 5) is 41.9. The summed E-state index contributed by atoms with van der Waals surface area (Å²) >= 11 is 12.5. The molecular formula is C27H30Cl2F3N3O6. The molecule has 1 aliphatic rings. The van der Waals surface area contributed by atoms with Gasteiger partial charge in [0, 0.05) is 37.8 Å². The first-order chi connectivity index (χ1) is 19.3. The number of nitrogens with zero attached hydrogens (tertiary/aromatic N) is 2. The van der Waals surface area contributed by atoms with Crippen molar-refractivity contribution >= 4 is 46.7 Å². The lowest BCUT2D eigenvalue weighted by Crippen LogP contribution is -2.57. The van der Waals surface area contributed by atoms with E-state index in [0.29, 0.717) is 40.3 Å². The predicted octanol–water partition coefficient (Wildman–Crippen LogP) is 4.65. The van der Waals surface area contributed by atoms with Gasteiger partial charge in [0.2, 0.25) is 12.0 Å². The van der Waals surface area contributed by atoms with Crippen molar-refractivity contribution in [2.45, 2.75) is 32.2 Å². The van der Waals surface area contributed by atoms with Gasteiger partial charge in [-0.25, -0.2) is 4.79 Å². The number of benzene rings is 2. The van der Waals surface area contributed by atoms with E-state index in [2.05, 4.69) is 10.1 Å². The van der Waals surface area contributed by atoms with E-state index < -0.39 is 42.0 Å². The maximum Gasteiger partial charge on any atom is 0.490 e. The molecule has 2 amide bonds. The fraction of sp³-hybridized carbons (Fsp3) is 0.444. The van der Waals surface area contributed by atoms with E-state index in [1.54, 1.807) is 30.9 Å². The molecule has 0 aromatic heterocycles. The molecule has 1 N–H and O–H groups in total. The number of alkyl halides is 3. The quantitative estimate of drug-likeness (QED) is 0.408. The van der Waals surface area contributed by atoms with Crippen molar-refractivity contribution in [2.75, 3.05) is 45.3 Å². The van der Waals surface area contributed by atoms with Gasteiger partial charge in [0.1, 0.15) is 17.5 Å². The number of amides is 2. The van der Waals surface area contributed by atoms with Crippen LogP contribution in [0.2, 0.25) is 10.0 Å². The molecule has 1 fully saturated rings. The van der Waals surface area contributed by atoms with Crippen LogP contribution < -0.4 is 19.7 Å². The number of rotatable bonds is 9. The van der Waals surface area contributed by atoms with Gasteiger partial charge in [-0.15, -0.1) is 0 Å². The van der Waals surface area contributed by atoms with Crippen LogP contribution in [0.4, 0.5) is 18.9 Å². The van der Waals surface area contributed by atoms with Crippen molar-refractivity contribution in [3.05, 3.63) is 52.0 Å². The fourth-order valence-electron chi connectivity index (χ4n) is 4.25. The van der Waals surface area contributed by atoms with E-state index in [0.717, 1.165) is 0 Å². The van der Waals surface area contributed by atoms with Crippen molar-refractivity contribution in [1.29, 1.82) is 0 Å². The standard InChI is InChI=1S/C27H30Cl2F3N3O6/c1-15(2)22(25(37)35-11-9-34(10-12-35)20-14-21(40-4)19(29)13-18(20)28)33-24(36)23(41-26(38)27(30,31)32)16-5-7-17(39-3)8-6-16/h5-8,13-15,22-23H,9-12H2,1-4H3,(H,33,36). The minimum atomic E-state index is -5.32. The Balaban J connectivity index is 1.75. The number of esters is 1. The molecule has 3 rings (SSSR count). The molecule has 2 aromatic carbocycles. The second-order valence-corrected chi connectivity index (χ2v) is 10.4. The summed E-state index contributed by atoms with van der Waals surface area (Å²) in [7, 11) is 2.88. The van der Waals surface area contributed by atoms with Crippen molar-refractivity contribution in [1.82, 2.24) is 10.2 Å². The first kappa shape index (κ1) is 32.1. The molecule has 2 atom stereocenters. The van der Waals surface area contributed by atoms with E-state index in [1.165, 1.54) is 38.5 Å². The summed E-state index contributed by atoms with van der Waals surface area (Å²) < 4.78 is 53.9. The molecule has 2 unspecified atom stereocenters. The van der Waals surface area contributed by atoms with E-state index in [1.807, 2.05) is 4.90 Å². The Morgan fingerprint density at radius 3 is 2.05 bits per heavy atom. The van der Waals surface area contributed by atoms with Gasteiger partial charge in [-0.3, -0.25) is 9.59 Å². The lowest BCUT2D eigenvalue weighted by Gasteiger charge is -2.38. The summed E-state index contributed by atoms with van der Waals surface area (Å²) in [6.07, 6.45) is -7.28. The monoisotopic (exact) mass is 619 g/mol. The molecular weight excluding hydrogens is 590 g/mol. The number of nitrogens with one attached hydrogen (secondary N) is 1.